The Bertz CT molecular complexity index is 610. The van der Waals surface area contributed by atoms with Crippen molar-refractivity contribution in [3.05, 3.63) is 65.7 Å². The van der Waals surface area contributed by atoms with Gasteiger partial charge in [-0.1, -0.05) is 61.4 Å². The van der Waals surface area contributed by atoms with Crippen molar-refractivity contribution in [1.29, 1.82) is 0 Å². The van der Waals surface area contributed by atoms with Crippen LogP contribution in [0.4, 0.5) is 5.69 Å². The van der Waals surface area contributed by atoms with E-state index in [1.54, 1.807) is 0 Å². The highest BCUT2D eigenvalue weighted by Gasteiger charge is 2.18. The smallest absolute Gasteiger partial charge is 0.103 e. The first kappa shape index (κ1) is 13.9. The molecule has 0 spiro atoms. The van der Waals surface area contributed by atoms with Crippen molar-refractivity contribution in [3.8, 4) is 0 Å². The number of nitrogens with two attached hydrogens (primary N) is 1. The molecule has 2 aromatic rings. The third-order valence-electron chi connectivity index (χ3n) is 4.25. The summed E-state index contributed by atoms with van der Waals surface area (Å²) in [5.74, 6) is 1.29. The van der Waals surface area contributed by atoms with Gasteiger partial charge in [0.1, 0.15) is 5.84 Å². The second kappa shape index (κ2) is 6.57. The Balaban J connectivity index is 1.84. The van der Waals surface area contributed by atoms with E-state index in [2.05, 4.69) is 42.5 Å². The topological polar surface area (TPSA) is 38.4 Å². The van der Waals surface area contributed by atoms with E-state index in [-0.39, 0.29) is 0 Å². The quantitative estimate of drug-likeness (QED) is 0.651. The summed E-state index contributed by atoms with van der Waals surface area (Å²) in [7, 11) is 0. The van der Waals surface area contributed by atoms with Gasteiger partial charge in [-0.15, -0.1) is 0 Å². The number of amidine groups is 1. The van der Waals surface area contributed by atoms with Crippen molar-refractivity contribution in [3.63, 3.8) is 0 Å². The molecule has 0 aromatic heterocycles. The van der Waals surface area contributed by atoms with Crippen molar-refractivity contribution >= 4 is 11.5 Å². The van der Waals surface area contributed by atoms with Crippen LogP contribution >= 0.6 is 0 Å². The summed E-state index contributed by atoms with van der Waals surface area (Å²) in [5.41, 5.74) is 9.79. The average molecular weight is 278 g/mol. The Kier molecular flexibility index (Phi) is 4.34. The lowest BCUT2D eigenvalue weighted by Gasteiger charge is -2.10. The minimum absolute atomic E-state index is 0.481. The molecule has 21 heavy (non-hydrogen) atoms. The lowest BCUT2D eigenvalue weighted by molar-refractivity contribution is 0.722. The Labute approximate surface area is 126 Å². The van der Waals surface area contributed by atoms with Crippen LogP contribution in [0.2, 0.25) is 0 Å². The van der Waals surface area contributed by atoms with Crippen molar-refractivity contribution in [2.75, 3.05) is 0 Å². The summed E-state index contributed by atoms with van der Waals surface area (Å²) < 4.78 is 0. The number of aliphatic imine (C=N–C) groups is 1. The van der Waals surface area contributed by atoms with Gasteiger partial charge in [0, 0.05) is 5.92 Å². The molecule has 1 saturated carbocycles. The van der Waals surface area contributed by atoms with Gasteiger partial charge in [0.15, 0.2) is 0 Å². The minimum atomic E-state index is 0.481. The van der Waals surface area contributed by atoms with Crippen LogP contribution in [0.25, 0.3) is 0 Å². The lowest BCUT2D eigenvalue weighted by atomic mass is 10.0. The van der Waals surface area contributed by atoms with Gasteiger partial charge in [-0.2, -0.15) is 0 Å². The number of benzene rings is 2. The first-order chi connectivity index (χ1) is 10.3. The number of hydrogen-bond acceptors (Lipinski definition) is 1. The van der Waals surface area contributed by atoms with E-state index < -0.39 is 0 Å². The standard InChI is InChI=1S/C19H22N2/c20-19(16-10-4-5-11-16)21-18-13-7-6-12-17(18)14-15-8-2-1-3-9-15/h1-3,6-9,12-13,16H,4-5,10-11,14H2,(H2,20,21). The SMILES string of the molecule is NC(=Nc1ccccc1Cc1ccccc1)C1CCCC1. The fourth-order valence-corrected chi connectivity index (χ4v) is 3.04. The van der Waals surface area contributed by atoms with Crippen LogP contribution in [-0.4, -0.2) is 5.84 Å². The zero-order valence-electron chi connectivity index (χ0n) is 12.3. The molecule has 0 amide bonds. The van der Waals surface area contributed by atoms with E-state index in [0.717, 1.165) is 17.9 Å². The second-order valence-electron chi connectivity index (χ2n) is 5.81. The van der Waals surface area contributed by atoms with Crippen LogP contribution in [0.3, 0.4) is 0 Å². The van der Waals surface area contributed by atoms with Crippen LogP contribution in [0.1, 0.15) is 36.8 Å². The maximum absolute atomic E-state index is 6.22. The Hall–Kier alpha value is -2.09. The average Bonchev–Trinajstić information content (AvgIpc) is 3.05. The molecule has 2 heteroatoms. The molecule has 1 fully saturated rings. The summed E-state index contributed by atoms with van der Waals surface area (Å²) in [5, 5.41) is 0. The number of para-hydroxylation sites is 1. The van der Waals surface area contributed by atoms with Crippen molar-refractivity contribution in [1.82, 2.24) is 0 Å². The zero-order valence-corrected chi connectivity index (χ0v) is 12.3. The van der Waals surface area contributed by atoms with E-state index in [4.69, 9.17) is 10.7 Å². The number of rotatable bonds is 4. The van der Waals surface area contributed by atoms with Gasteiger partial charge in [0.25, 0.3) is 0 Å². The Morgan fingerprint density at radius 3 is 2.38 bits per heavy atom. The van der Waals surface area contributed by atoms with Gasteiger partial charge in [-0.3, -0.25) is 0 Å². The number of nitrogens with zero attached hydrogens (tertiary/aromatic N) is 1. The summed E-state index contributed by atoms with van der Waals surface area (Å²) in [6.45, 7) is 0. The van der Waals surface area contributed by atoms with Crippen LogP contribution in [0.15, 0.2) is 59.6 Å². The van der Waals surface area contributed by atoms with Gasteiger partial charge in [0.05, 0.1) is 5.69 Å². The first-order valence-corrected chi connectivity index (χ1v) is 7.79. The minimum Gasteiger partial charge on any atom is -0.387 e. The molecule has 2 N–H and O–H groups in total. The van der Waals surface area contributed by atoms with Crippen LogP contribution in [0.5, 0.6) is 0 Å². The molecule has 3 rings (SSSR count). The van der Waals surface area contributed by atoms with Crippen LogP contribution in [-0.2, 0) is 6.42 Å². The van der Waals surface area contributed by atoms with Gasteiger partial charge >= 0.3 is 0 Å². The molecular formula is C19H22N2. The fourth-order valence-electron chi connectivity index (χ4n) is 3.04. The van der Waals surface area contributed by atoms with Crippen molar-refractivity contribution in [2.24, 2.45) is 16.6 Å². The summed E-state index contributed by atoms with van der Waals surface area (Å²) >= 11 is 0. The summed E-state index contributed by atoms with van der Waals surface area (Å²) in [6.07, 6.45) is 5.85. The monoisotopic (exact) mass is 278 g/mol. The third-order valence-corrected chi connectivity index (χ3v) is 4.25. The highest BCUT2D eigenvalue weighted by molar-refractivity contribution is 5.86. The molecule has 0 saturated heterocycles. The summed E-state index contributed by atoms with van der Waals surface area (Å²) in [6, 6.07) is 18.8. The highest BCUT2D eigenvalue weighted by Crippen LogP contribution is 2.28. The zero-order chi connectivity index (χ0) is 14.5. The first-order valence-electron chi connectivity index (χ1n) is 7.79. The molecule has 2 nitrogen and oxygen atoms in total. The van der Waals surface area contributed by atoms with Gasteiger partial charge in [0.2, 0.25) is 0 Å². The molecule has 1 aliphatic carbocycles. The maximum atomic E-state index is 6.22. The van der Waals surface area contributed by atoms with E-state index in [9.17, 15) is 0 Å². The molecule has 0 radical (unpaired) electrons. The largest absolute Gasteiger partial charge is 0.387 e. The van der Waals surface area contributed by atoms with Crippen LogP contribution < -0.4 is 5.73 Å². The predicted octanol–water partition coefficient (Wildman–Crippen LogP) is 4.46. The second-order valence-corrected chi connectivity index (χ2v) is 5.81. The molecule has 0 unspecified atom stereocenters. The highest BCUT2D eigenvalue weighted by atomic mass is 14.9. The molecule has 108 valence electrons. The van der Waals surface area contributed by atoms with Crippen molar-refractivity contribution < 1.29 is 0 Å². The summed E-state index contributed by atoms with van der Waals surface area (Å²) in [4.78, 5) is 4.73. The van der Waals surface area contributed by atoms with E-state index in [1.807, 2.05) is 12.1 Å². The maximum Gasteiger partial charge on any atom is 0.103 e. The predicted molar refractivity (Wildman–Crippen MR) is 88.9 cm³/mol. The third kappa shape index (κ3) is 3.52. The molecule has 0 bridgehead atoms. The van der Waals surface area contributed by atoms with Gasteiger partial charge in [-0.25, -0.2) is 4.99 Å². The normalized spacial score (nSPS) is 16.3. The fraction of sp³-hybridized carbons (Fsp3) is 0.316. The molecule has 0 heterocycles. The van der Waals surface area contributed by atoms with Gasteiger partial charge < -0.3 is 5.73 Å². The van der Waals surface area contributed by atoms with E-state index >= 15 is 0 Å². The molecular weight excluding hydrogens is 256 g/mol. The Morgan fingerprint density at radius 2 is 1.62 bits per heavy atom. The molecule has 1 aliphatic rings. The molecule has 0 aliphatic heterocycles. The number of hydrogen-bond donors (Lipinski definition) is 1. The van der Waals surface area contributed by atoms with Crippen molar-refractivity contribution in [2.45, 2.75) is 32.1 Å². The molecule has 2 aromatic carbocycles. The molecule has 0 atom stereocenters. The Morgan fingerprint density at radius 1 is 0.952 bits per heavy atom. The lowest BCUT2D eigenvalue weighted by Crippen LogP contribution is -2.20. The van der Waals surface area contributed by atoms with Crippen LogP contribution in [0, 0.1) is 5.92 Å². The van der Waals surface area contributed by atoms with E-state index in [1.165, 1.54) is 36.8 Å². The van der Waals surface area contributed by atoms with E-state index in [0.29, 0.717) is 5.92 Å². The van der Waals surface area contributed by atoms with Gasteiger partial charge in [-0.05, 0) is 36.5 Å².